The molecule has 0 aromatic heterocycles. The number of hydrogen-bond acceptors (Lipinski definition) is 2. The molecule has 3 N–H and O–H groups in total. The molecule has 2 nitrogen and oxygen atoms in total. The van der Waals surface area contributed by atoms with Gasteiger partial charge in [-0.2, -0.15) is 0 Å². The van der Waals surface area contributed by atoms with Crippen molar-refractivity contribution < 1.29 is 5.11 Å². The topological polar surface area (TPSA) is 46.2 Å². The van der Waals surface area contributed by atoms with E-state index >= 15 is 0 Å². The summed E-state index contributed by atoms with van der Waals surface area (Å²) >= 11 is 0. The molecule has 0 atom stereocenters. The van der Waals surface area contributed by atoms with E-state index < -0.39 is 0 Å². The summed E-state index contributed by atoms with van der Waals surface area (Å²) < 4.78 is 0. The lowest BCUT2D eigenvalue weighted by Gasteiger charge is -1.97. The quantitative estimate of drug-likeness (QED) is 0.397. The molecule has 0 amide bonds. The monoisotopic (exact) mass is 209 g/mol. The van der Waals surface area contributed by atoms with Gasteiger partial charge in [-0.25, -0.2) is 0 Å². The zero-order valence-electron chi connectivity index (χ0n) is 8.64. The molecular weight excluding hydrogens is 198 g/mol. The number of anilines is 1. The predicted molar refractivity (Wildman–Crippen MR) is 64.9 cm³/mol. The van der Waals surface area contributed by atoms with Gasteiger partial charge in [0.05, 0.1) is 5.69 Å². The second kappa shape index (κ2) is 4.41. The van der Waals surface area contributed by atoms with Crippen molar-refractivity contribution in [3.63, 3.8) is 0 Å². The molecule has 0 radical (unpaired) electrons. The maximum atomic E-state index is 9.26. The van der Waals surface area contributed by atoms with Gasteiger partial charge in [0.1, 0.15) is 5.75 Å². The van der Waals surface area contributed by atoms with E-state index in [2.05, 4.69) is 11.8 Å². The van der Waals surface area contributed by atoms with E-state index in [9.17, 15) is 5.11 Å². The van der Waals surface area contributed by atoms with Crippen LogP contribution in [0.2, 0.25) is 0 Å². The Balaban J connectivity index is 2.28. The Morgan fingerprint density at radius 3 is 2.25 bits per heavy atom. The molecule has 2 rings (SSSR count). The highest BCUT2D eigenvalue weighted by Gasteiger charge is 1.95. The minimum Gasteiger partial charge on any atom is -0.506 e. The zero-order valence-corrected chi connectivity index (χ0v) is 8.64. The molecule has 2 aromatic carbocycles. The molecular formula is C14H11NO. The summed E-state index contributed by atoms with van der Waals surface area (Å²) in [5.74, 6) is 6.10. The summed E-state index contributed by atoms with van der Waals surface area (Å²) in [5.41, 5.74) is 7.66. The number of benzene rings is 2. The highest BCUT2D eigenvalue weighted by atomic mass is 16.3. The molecule has 0 aliphatic carbocycles. The SMILES string of the molecule is Nc1cc(C#Cc2ccccc2)ccc1O. The van der Waals surface area contributed by atoms with Gasteiger partial charge in [0.25, 0.3) is 0 Å². The first-order chi connectivity index (χ1) is 7.75. The van der Waals surface area contributed by atoms with Crippen LogP contribution in [0.4, 0.5) is 5.69 Å². The maximum absolute atomic E-state index is 9.26. The van der Waals surface area contributed by atoms with E-state index in [1.807, 2.05) is 30.3 Å². The number of hydrogen-bond donors (Lipinski definition) is 2. The van der Waals surface area contributed by atoms with Gasteiger partial charge in [-0.1, -0.05) is 30.0 Å². The Labute approximate surface area is 94.4 Å². The smallest absolute Gasteiger partial charge is 0.138 e. The van der Waals surface area contributed by atoms with Crippen LogP contribution in [0.5, 0.6) is 5.75 Å². The van der Waals surface area contributed by atoms with Crippen molar-refractivity contribution in [1.29, 1.82) is 0 Å². The Bertz CT molecular complexity index is 550. The van der Waals surface area contributed by atoms with E-state index in [4.69, 9.17) is 5.73 Å². The third-order valence-corrected chi connectivity index (χ3v) is 2.15. The van der Waals surface area contributed by atoms with Crippen LogP contribution in [0.3, 0.4) is 0 Å². The van der Waals surface area contributed by atoms with Crippen LogP contribution in [0.1, 0.15) is 11.1 Å². The second-order valence-electron chi connectivity index (χ2n) is 3.39. The van der Waals surface area contributed by atoms with Crippen molar-refractivity contribution >= 4 is 5.69 Å². The van der Waals surface area contributed by atoms with E-state index in [1.165, 1.54) is 0 Å². The minimum atomic E-state index is 0.0882. The van der Waals surface area contributed by atoms with Crippen molar-refractivity contribution in [3.8, 4) is 17.6 Å². The largest absolute Gasteiger partial charge is 0.506 e. The van der Waals surface area contributed by atoms with Crippen LogP contribution in [0.25, 0.3) is 0 Å². The Morgan fingerprint density at radius 2 is 1.56 bits per heavy atom. The van der Waals surface area contributed by atoms with Crippen molar-refractivity contribution in [3.05, 3.63) is 59.7 Å². The number of phenolic OH excluding ortho intramolecular Hbond substituents is 1. The van der Waals surface area contributed by atoms with Crippen LogP contribution in [-0.2, 0) is 0 Å². The molecule has 0 spiro atoms. The highest BCUT2D eigenvalue weighted by molar-refractivity contribution is 5.57. The normalized spacial score (nSPS) is 9.25. The fourth-order valence-electron chi connectivity index (χ4n) is 1.30. The van der Waals surface area contributed by atoms with Crippen molar-refractivity contribution in [2.45, 2.75) is 0 Å². The first-order valence-electron chi connectivity index (χ1n) is 4.91. The van der Waals surface area contributed by atoms with Crippen LogP contribution in [0, 0.1) is 11.8 Å². The lowest BCUT2D eigenvalue weighted by atomic mass is 10.1. The fourth-order valence-corrected chi connectivity index (χ4v) is 1.30. The Kier molecular flexibility index (Phi) is 2.79. The summed E-state index contributed by atoms with van der Waals surface area (Å²) in [6.45, 7) is 0. The van der Waals surface area contributed by atoms with Crippen molar-refractivity contribution in [1.82, 2.24) is 0 Å². The van der Waals surface area contributed by atoms with Gasteiger partial charge in [-0.15, -0.1) is 0 Å². The standard InChI is InChI=1S/C14H11NO/c15-13-10-12(8-9-14(13)16)7-6-11-4-2-1-3-5-11/h1-5,8-10,16H,15H2. The Morgan fingerprint density at radius 1 is 0.875 bits per heavy atom. The summed E-state index contributed by atoms with van der Waals surface area (Å²) in [7, 11) is 0. The number of nitrogens with two attached hydrogens (primary N) is 1. The summed E-state index contributed by atoms with van der Waals surface area (Å²) in [6.07, 6.45) is 0. The van der Waals surface area contributed by atoms with Gasteiger partial charge in [-0.3, -0.25) is 0 Å². The van der Waals surface area contributed by atoms with E-state index in [1.54, 1.807) is 18.2 Å². The highest BCUT2D eigenvalue weighted by Crippen LogP contribution is 2.19. The molecule has 2 aromatic rings. The van der Waals surface area contributed by atoms with Crippen LogP contribution in [-0.4, -0.2) is 5.11 Å². The predicted octanol–water partition coefficient (Wildman–Crippen LogP) is 2.37. The summed E-state index contributed by atoms with van der Waals surface area (Å²) in [5, 5.41) is 9.26. The molecule has 0 heterocycles. The van der Waals surface area contributed by atoms with Crippen molar-refractivity contribution in [2.24, 2.45) is 0 Å². The van der Waals surface area contributed by atoms with Crippen LogP contribution >= 0.6 is 0 Å². The molecule has 0 unspecified atom stereocenters. The number of nitrogen functional groups attached to an aromatic ring is 1. The van der Waals surface area contributed by atoms with E-state index in [0.29, 0.717) is 5.69 Å². The lowest BCUT2D eigenvalue weighted by molar-refractivity contribution is 0.478. The first-order valence-corrected chi connectivity index (χ1v) is 4.91. The third kappa shape index (κ3) is 2.34. The van der Waals surface area contributed by atoms with Crippen LogP contribution < -0.4 is 5.73 Å². The zero-order chi connectivity index (χ0) is 11.4. The lowest BCUT2D eigenvalue weighted by Crippen LogP contribution is -1.86. The molecule has 0 bridgehead atoms. The molecule has 0 saturated carbocycles. The molecule has 16 heavy (non-hydrogen) atoms. The number of aromatic hydroxyl groups is 1. The average molecular weight is 209 g/mol. The van der Waals surface area contributed by atoms with Crippen LogP contribution in [0.15, 0.2) is 48.5 Å². The molecule has 2 heteroatoms. The van der Waals surface area contributed by atoms with Gasteiger partial charge in [0, 0.05) is 11.1 Å². The number of rotatable bonds is 0. The summed E-state index contributed by atoms with van der Waals surface area (Å²) in [4.78, 5) is 0. The van der Waals surface area contributed by atoms with Crippen molar-refractivity contribution in [2.75, 3.05) is 5.73 Å². The van der Waals surface area contributed by atoms with Gasteiger partial charge in [0.15, 0.2) is 0 Å². The average Bonchev–Trinajstić information content (AvgIpc) is 2.32. The fraction of sp³-hybridized carbons (Fsp3) is 0. The van der Waals surface area contributed by atoms with Gasteiger partial charge in [-0.05, 0) is 30.3 Å². The molecule has 0 aliphatic heterocycles. The summed E-state index contributed by atoms with van der Waals surface area (Å²) in [6, 6.07) is 14.7. The molecule has 0 aliphatic rings. The first kappa shape index (κ1) is 10.1. The maximum Gasteiger partial charge on any atom is 0.138 e. The van der Waals surface area contributed by atoms with Gasteiger partial charge >= 0.3 is 0 Å². The third-order valence-electron chi connectivity index (χ3n) is 2.15. The molecule has 78 valence electrons. The van der Waals surface area contributed by atoms with Gasteiger partial charge in [0.2, 0.25) is 0 Å². The molecule has 0 fully saturated rings. The minimum absolute atomic E-state index is 0.0882. The second-order valence-corrected chi connectivity index (χ2v) is 3.39. The number of phenols is 1. The van der Waals surface area contributed by atoms with Gasteiger partial charge < -0.3 is 10.8 Å². The van der Waals surface area contributed by atoms with E-state index in [-0.39, 0.29) is 5.75 Å². The van der Waals surface area contributed by atoms with E-state index in [0.717, 1.165) is 11.1 Å². The molecule has 0 saturated heterocycles. The Hall–Kier alpha value is -2.40.